The Kier molecular flexibility index (Phi) is 4.37. The molecule has 2 nitrogen and oxygen atoms in total. The van der Waals surface area contributed by atoms with Gasteiger partial charge in [0.2, 0.25) is 0 Å². The molecule has 80 valence electrons. The van der Waals surface area contributed by atoms with E-state index in [1.807, 2.05) is 0 Å². The van der Waals surface area contributed by atoms with E-state index in [4.69, 9.17) is 5.73 Å². The minimum Gasteiger partial charge on any atom is -0.334 e. The number of nitrogens with two attached hydrogens (primary N) is 1. The van der Waals surface area contributed by atoms with Crippen molar-refractivity contribution in [3.05, 3.63) is 0 Å². The first kappa shape index (κ1) is 13.4. The van der Waals surface area contributed by atoms with Crippen LogP contribution in [-0.2, 0) is 0 Å². The fraction of sp³-hybridized carbons (Fsp3) is 1.00. The summed E-state index contributed by atoms with van der Waals surface area (Å²) in [6.07, 6.45) is 0. The summed E-state index contributed by atoms with van der Waals surface area (Å²) in [5, 5.41) is 0. The second-order valence-electron chi connectivity index (χ2n) is 6.07. The van der Waals surface area contributed by atoms with Crippen LogP contribution in [0.5, 0.6) is 0 Å². The lowest BCUT2D eigenvalue weighted by atomic mass is 10.4. The molecule has 0 spiro atoms. The first-order chi connectivity index (χ1) is 5.54. The van der Waals surface area contributed by atoms with Crippen LogP contribution >= 0.6 is 0 Å². The van der Waals surface area contributed by atoms with E-state index in [-0.39, 0.29) is 0 Å². The zero-order valence-corrected chi connectivity index (χ0v) is 12.2. The maximum absolute atomic E-state index is 6.22. The smallest absolute Gasteiger partial charge is 0.116 e. The highest BCUT2D eigenvalue weighted by Gasteiger charge is 2.30. The number of nitrogens with one attached hydrogen (secondary N) is 1. The standard InChI is InChI=1S/C9H26N2Si2/c1-8(11-13(5,6)7)9(10)12(2,3)4/h8-9,11H,10H2,1-7H3. The molecule has 0 saturated heterocycles. The van der Waals surface area contributed by atoms with Crippen LogP contribution in [0, 0.1) is 0 Å². The molecule has 0 aromatic heterocycles. The zero-order valence-electron chi connectivity index (χ0n) is 10.2. The molecular weight excluding hydrogens is 192 g/mol. The molecule has 0 aliphatic carbocycles. The largest absolute Gasteiger partial charge is 0.334 e. The van der Waals surface area contributed by atoms with Crippen molar-refractivity contribution >= 4 is 16.3 Å². The molecule has 0 aliphatic rings. The average Bonchev–Trinajstić information content (AvgIpc) is 1.79. The van der Waals surface area contributed by atoms with Crippen LogP contribution in [0.2, 0.25) is 39.3 Å². The highest BCUT2D eigenvalue weighted by atomic mass is 28.3. The fourth-order valence-electron chi connectivity index (χ4n) is 1.52. The molecule has 4 heteroatoms. The van der Waals surface area contributed by atoms with E-state index in [0.29, 0.717) is 11.7 Å². The van der Waals surface area contributed by atoms with Gasteiger partial charge in [0.15, 0.2) is 0 Å². The van der Waals surface area contributed by atoms with Gasteiger partial charge in [-0.3, -0.25) is 0 Å². The van der Waals surface area contributed by atoms with Gasteiger partial charge >= 0.3 is 0 Å². The molecule has 0 heterocycles. The Labute approximate surface area is 85.4 Å². The van der Waals surface area contributed by atoms with Crippen LogP contribution in [0.1, 0.15) is 6.92 Å². The van der Waals surface area contributed by atoms with Crippen LogP contribution in [0.25, 0.3) is 0 Å². The van der Waals surface area contributed by atoms with E-state index in [0.717, 1.165) is 0 Å². The topological polar surface area (TPSA) is 38.0 Å². The van der Waals surface area contributed by atoms with Gasteiger partial charge in [0, 0.05) is 11.7 Å². The third-order valence-corrected chi connectivity index (χ3v) is 6.02. The fourth-order valence-corrected chi connectivity index (χ4v) is 4.82. The average molecular weight is 218 g/mol. The predicted molar refractivity (Wildman–Crippen MR) is 67.3 cm³/mol. The van der Waals surface area contributed by atoms with Gasteiger partial charge < -0.3 is 10.7 Å². The molecule has 13 heavy (non-hydrogen) atoms. The molecule has 0 rings (SSSR count). The molecular formula is C9H26N2Si2. The van der Waals surface area contributed by atoms with Gasteiger partial charge in [-0.15, -0.1) is 0 Å². The van der Waals surface area contributed by atoms with E-state index in [1.165, 1.54) is 0 Å². The van der Waals surface area contributed by atoms with Gasteiger partial charge in [0.1, 0.15) is 8.24 Å². The number of hydrogen-bond acceptors (Lipinski definition) is 2. The van der Waals surface area contributed by atoms with E-state index < -0.39 is 16.3 Å². The Balaban J connectivity index is 4.20. The van der Waals surface area contributed by atoms with Crippen molar-refractivity contribution in [2.75, 3.05) is 0 Å². The Morgan fingerprint density at radius 1 is 1.00 bits per heavy atom. The summed E-state index contributed by atoms with van der Waals surface area (Å²) < 4.78 is 0. The van der Waals surface area contributed by atoms with Crippen LogP contribution in [0.15, 0.2) is 0 Å². The molecule has 0 aliphatic heterocycles. The lowest BCUT2D eigenvalue weighted by Crippen LogP contribution is -2.61. The van der Waals surface area contributed by atoms with Gasteiger partial charge in [-0.1, -0.05) is 39.3 Å². The Morgan fingerprint density at radius 2 is 1.38 bits per heavy atom. The van der Waals surface area contributed by atoms with Crippen molar-refractivity contribution in [3.8, 4) is 0 Å². The Bertz CT molecular complexity index is 158. The number of hydrogen-bond donors (Lipinski definition) is 2. The molecule has 0 aromatic rings. The maximum atomic E-state index is 6.22. The second-order valence-corrected chi connectivity index (χ2v) is 16.3. The normalized spacial score (nSPS) is 18.5. The molecule has 0 aromatic carbocycles. The van der Waals surface area contributed by atoms with Crippen molar-refractivity contribution < 1.29 is 0 Å². The SMILES string of the molecule is CC(N[Si](C)(C)C)C(N)[Si](C)(C)C. The van der Waals surface area contributed by atoms with E-state index >= 15 is 0 Å². The minimum atomic E-state index is -1.19. The lowest BCUT2D eigenvalue weighted by molar-refractivity contribution is 0.617. The summed E-state index contributed by atoms with van der Waals surface area (Å²) >= 11 is 0. The van der Waals surface area contributed by atoms with E-state index in [2.05, 4.69) is 51.2 Å². The van der Waals surface area contributed by atoms with Crippen molar-refractivity contribution in [2.45, 2.75) is 57.9 Å². The van der Waals surface area contributed by atoms with E-state index in [9.17, 15) is 0 Å². The van der Waals surface area contributed by atoms with Gasteiger partial charge in [-0.05, 0) is 6.92 Å². The van der Waals surface area contributed by atoms with Gasteiger partial charge in [-0.25, -0.2) is 0 Å². The summed E-state index contributed by atoms with van der Waals surface area (Å²) in [7, 11) is -2.36. The van der Waals surface area contributed by atoms with Crippen molar-refractivity contribution in [1.29, 1.82) is 0 Å². The molecule has 0 saturated carbocycles. The molecule has 2 atom stereocenters. The number of rotatable bonds is 4. The molecule has 0 amide bonds. The summed E-state index contributed by atoms with van der Waals surface area (Å²) in [5.74, 6) is 0. The highest BCUT2D eigenvalue weighted by Crippen LogP contribution is 2.10. The van der Waals surface area contributed by atoms with Gasteiger partial charge in [0.25, 0.3) is 0 Å². The zero-order chi connectivity index (χ0) is 10.9. The summed E-state index contributed by atoms with van der Waals surface area (Å²) in [5.41, 5.74) is 6.58. The van der Waals surface area contributed by atoms with Crippen molar-refractivity contribution in [1.82, 2.24) is 4.98 Å². The second kappa shape index (κ2) is 4.25. The Morgan fingerprint density at radius 3 is 1.62 bits per heavy atom. The van der Waals surface area contributed by atoms with Gasteiger partial charge in [0.05, 0.1) is 8.07 Å². The van der Waals surface area contributed by atoms with Crippen molar-refractivity contribution in [3.63, 3.8) is 0 Å². The summed E-state index contributed by atoms with van der Waals surface area (Å²) in [6.45, 7) is 16.2. The highest BCUT2D eigenvalue weighted by molar-refractivity contribution is 6.78. The first-order valence-corrected chi connectivity index (χ1v) is 12.1. The molecule has 0 radical (unpaired) electrons. The summed E-state index contributed by atoms with van der Waals surface area (Å²) in [6, 6.07) is 0.471. The molecule has 3 N–H and O–H groups in total. The molecule has 0 bridgehead atoms. The lowest BCUT2D eigenvalue weighted by Gasteiger charge is -2.35. The van der Waals surface area contributed by atoms with Crippen LogP contribution in [0.4, 0.5) is 0 Å². The Hall–Kier alpha value is 0.354. The third-order valence-electron chi connectivity index (χ3n) is 2.20. The van der Waals surface area contributed by atoms with Crippen LogP contribution in [-0.4, -0.2) is 28.0 Å². The maximum Gasteiger partial charge on any atom is 0.116 e. The predicted octanol–water partition coefficient (Wildman–Crippen LogP) is 2.00. The quantitative estimate of drug-likeness (QED) is 0.709. The van der Waals surface area contributed by atoms with Gasteiger partial charge in [-0.2, -0.15) is 0 Å². The van der Waals surface area contributed by atoms with Crippen LogP contribution < -0.4 is 10.7 Å². The van der Waals surface area contributed by atoms with Crippen LogP contribution in [0.3, 0.4) is 0 Å². The minimum absolute atomic E-state index is 0.360. The molecule has 2 unspecified atom stereocenters. The summed E-state index contributed by atoms with van der Waals surface area (Å²) in [4.78, 5) is 3.67. The van der Waals surface area contributed by atoms with E-state index in [1.54, 1.807) is 0 Å². The monoisotopic (exact) mass is 218 g/mol. The van der Waals surface area contributed by atoms with Crippen molar-refractivity contribution in [2.24, 2.45) is 5.73 Å². The third kappa shape index (κ3) is 5.62. The molecule has 0 fully saturated rings. The first-order valence-electron chi connectivity index (χ1n) is 5.07.